The molecule has 0 spiro atoms. The van der Waals surface area contributed by atoms with Crippen molar-refractivity contribution in [2.24, 2.45) is 0 Å². The standard InChI is InChI=1S/C15H13N3O/c1-19-13-5-4-10-8-12(3-2-11(10)9-13)14-15(16)18-7-6-17-14/h2-9H,1H3,(H2,16,18). The van der Waals surface area contributed by atoms with Crippen molar-refractivity contribution in [1.82, 2.24) is 9.97 Å². The van der Waals surface area contributed by atoms with Gasteiger partial charge in [0.15, 0.2) is 0 Å². The Bertz CT molecular complexity index is 740. The van der Waals surface area contributed by atoms with E-state index in [4.69, 9.17) is 10.5 Å². The van der Waals surface area contributed by atoms with Gasteiger partial charge in [-0.25, -0.2) is 4.98 Å². The van der Waals surface area contributed by atoms with Gasteiger partial charge in [0.2, 0.25) is 0 Å². The third-order valence-corrected chi connectivity index (χ3v) is 3.05. The summed E-state index contributed by atoms with van der Waals surface area (Å²) in [6.45, 7) is 0. The Kier molecular flexibility index (Phi) is 2.76. The Morgan fingerprint density at radius 2 is 1.68 bits per heavy atom. The van der Waals surface area contributed by atoms with E-state index in [2.05, 4.69) is 16.0 Å². The number of nitrogens with zero attached hydrogens (tertiary/aromatic N) is 2. The van der Waals surface area contributed by atoms with E-state index >= 15 is 0 Å². The minimum atomic E-state index is 0.440. The molecule has 0 atom stereocenters. The van der Waals surface area contributed by atoms with Crippen LogP contribution in [0.1, 0.15) is 0 Å². The van der Waals surface area contributed by atoms with Gasteiger partial charge in [0, 0.05) is 18.0 Å². The van der Waals surface area contributed by atoms with Crippen molar-refractivity contribution in [3.05, 3.63) is 48.8 Å². The van der Waals surface area contributed by atoms with Crippen LogP contribution in [0.2, 0.25) is 0 Å². The van der Waals surface area contributed by atoms with Gasteiger partial charge in [-0.3, -0.25) is 4.98 Å². The molecule has 3 aromatic rings. The smallest absolute Gasteiger partial charge is 0.149 e. The van der Waals surface area contributed by atoms with Gasteiger partial charge < -0.3 is 10.5 Å². The number of hydrogen-bond acceptors (Lipinski definition) is 4. The van der Waals surface area contributed by atoms with Crippen molar-refractivity contribution < 1.29 is 4.74 Å². The molecule has 3 rings (SSSR count). The zero-order valence-electron chi connectivity index (χ0n) is 10.5. The summed E-state index contributed by atoms with van der Waals surface area (Å²) in [6, 6.07) is 12.0. The number of rotatable bonds is 2. The fourth-order valence-corrected chi connectivity index (χ4v) is 2.07. The fraction of sp³-hybridized carbons (Fsp3) is 0.0667. The van der Waals surface area contributed by atoms with Crippen LogP contribution in [0.3, 0.4) is 0 Å². The summed E-state index contributed by atoms with van der Waals surface area (Å²) in [4.78, 5) is 8.34. The van der Waals surface area contributed by atoms with Crippen molar-refractivity contribution >= 4 is 16.6 Å². The second kappa shape index (κ2) is 4.57. The van der Waals surface area contributed by atoms with E-state index in [-0.39, 0.29) is 0 Å². The van der Waals surface area contributed by atoms with E-state index in [9.17, 15) is 0 Å². The van der Waals surface area contributed by atoms with E-state index in [0.29, 0.717) is 11.5 Å². The van der Waals surface area contributed by atoms with Crippen LogP contribution in [0, 0.1) is 0 Å². The van der Waals surface area contributed by atoms with E-state index in [1.54, 1.807) is 19.5 Å². The van der Waals surface area contributed by atoms with Crippen LogP contribution < -0.4 is 10.5 Å². The van der Waals surface area contributed by atoms with E-state index in [0.717, 1.165) is 22.1 Å². The summed E-state index contributed by atoms with van der Waals surface area (Å²) in [6.07, 6.45) is 3.23. The first kappa shape index (κ1) is 11.5. The topological polar surface area (TPSA) is 61.0 Å². The Morgan fingerprint density at radius 3 is 2.47 bits per heavy atom. The maximum Gasteiger partial charge on any atom is 0.149 e. The monoisotopic (exact) mass is 251 g/mol. The molecule has 0 bridgehead atoms. The maximum atomic E-state index is 5.85. The zero-order valence-corrected chi connectivity index (χ0v) is 10.5. The van der Waals surface area contributed by atoms with Crippen molar-refractivity contribution in [3.63, 3.8) is 0 Å². The number of aromatic nitrogens is 2. The Balaban J connectivity index is 2.15. The third-order valence-electron chi connectivity index (χ3n) is 3.05. The minimum Gasteiger partial charge on any atom is -0.497 e. The van der Waals surface area contributed by atoms with Crippen molar-refractivity contribution in [2.75, 3.05) is 12.8 Å². The SMILES string of the molecule is COc1ccc2cc(-c3nccnc3N)ccc2c1. The molecule has 0 saturated heterocycles. The van der Waals surface area contributed by atoms with Gasteiger partial charge in [0.05, 0.1) is 7.11 Å². The van der Waals surface area contributed by atoms with Gasteiger partial charge >= 0.3 is 0 Å². The minimum absolute atomic E-state index is 0.440. The highest BCUT2D eigenvalue weighted by Crippen LogP contribution is 2.27. The molecule has 0 unspecified atom stereocenters. The molecule has 2 aromatic carbocycles. The summed E-state index contributed by atoms with van der Waals surface area (Å²) in [5.74, 6) is 1.29. The molecule has 2 N–H and O–H groups in total. The highest BCUT2D eigenvalue weighted by atomic mass is 16.5. The molecule has 0 aliphatic rings. The predicted molar refractivity (Wildman–Crippen MR) is 75.9 cm³/mol. The van der Waals surface area contributed by atoms with Crippen LogP contribution in [0.25, 0.3) is 22.0 Å². The summed E-state index contributed by atoms with van der Waals surface area (Å²) in [5.41, 5.74) is 7.52. The van der Waals surface area contributed by atoms with Crippen molar-refractivity contribution in [1.29, 1.82) is 0 Å². The lowest BCUT2D eigenvalue weighted by atomic mass is 10.0. The highest BCUT2D eigenvalue weighted by molar-refractivity contribution is 5.89. The molecular formula is C15H13N3O. The van der Waals surface area contributed by atoms with Gasteiger partial charge in [-0.1, -0.05) is 18.2 Å². The number of nitrogen functional groups attached to an aromatic ring is 1. The molecule has 0 radical (unpaired) electrons. The summed E-state index contributed by atoms with van der Waals surface area (Å²) >= 11 is 0. The van der Waals surface area contributed by atoms with Crippen LogP contribution >= 0.6 is 0 Å². The first-order valence-electron chi connectivity index (χ1n) is 5.92. The summed E-state index contributed by atoms with van der Waals surface area (Å²) in [5, 5.41) is 2.23. The van der Waals surface area contributed by atoms with Gasteiger partial charge in [-0.05, 0) is 29.0 Å². The average molecular weight is 251 g/mol. The molecule has 19 heavy (non-hydrogen) atoms. The van der Waals surface area contributed by atoms with Crippen LogP contribution in [0.15, 0.2) is 48.8 Å². The van der Waals surface area contributed by atoms with Gasteiger partial charge in [-0.2, -0.15) is 0 Å². The molecule has 1 aromatic heterocycles. The molecular weight excluding hydrogens is 238 g/mol. The molecule has 0 saturated carbocycles. The fourth-order valence-electron chi connectivity index (χ4n) is 2.07. The first-order chi connectivity index (χ1) is 9.28. The molecule has 0 fully saturated rings. The number of methoxy groups -OCH3 is 1. The highest BCUT2D eigenvalue weighted by Gasteiger charge is 2.06. The first-order valence-corrected chi connectivity index (χ1v) is 5.92. The number of anilines is 1. The van der Waals surface area contributed by atoms with Crippen molar-refractivity contribution in [2.45, 2.75) is 0 Å². The zero-order chi connectivity index (χ0) is 13.2. The number of ether oxygens (including phenoxy) is 1. The lowest BCUT2D eigenvalue weighted by Gasteiger charge is -2.06. The Labute approximate surface area is 110 Å². The molecule has 0 aliphatic heterocycles. The number of benzene rings is 2. The van der Waals surface area contributed by atoms with Crippen LogP contribution in [-0.4, -0.2) is 17.1 Å². The molecule has 0 amide bonds. The second-order valence-corrected chi connectivity index (χ2v) is 4.22. The van der Waals surface area contributed by atoms with E-state index in [1.165, 1.54) is 0 Å². The largest absolute Gasteiger partial charge is 0.497 e. The Hall–Kier alpha value is -2.62. The maximum absolute atomic E-state index is 5.85. The van der Waals surface area contributed by atoms with Crippen molar-refractivity contribution in [3.8, 4) is 17.0 Å². The molecule has 0 aliphatic carbocycles. The number of hydrogen-bond donors (Lipinski definition) is 1. The van der Waals surface area contributed by atoms with Gasteiger partial charge in [0.25, 0.3) is 0 Å². The predicted octanol–water partition coefficient (Wildman–Crippen LogP) is 2.89. The third kappa shape index (κ3) is 2.08. The van der Waals surface area contributed by atoms with Gasteiger partial charge in [-0.15, -0.1) is 0 Å². The summed E-state index contributed by atoms with van der Waals surface area (Å²) in [7, 11) is 1.66. The van der Waals surface area contributed by atoms with E-state index in [1.807, 2.05) is 30.3 Å². The van der Waals surface area contributed by atoms with Crippen LogP contribution in [0.5, 0.6) is 5.75 Å². The molecule has 1 heterocycles. The van der Waals surface area contributed by atoms with Gasteiger partial charge in [0.1, 0.15) is 17.3 Å². The van der Waals surface area contributed by atoms with E-state index < -0.39 is 0 Å². The lowest BCUT2D eigenvalue weighted by molar-refractivity contribution is 0.415. The normalized spacial score (nSPS) is 10.6. The molecule has 4 nitrogen and oxygen atoms in total. The summed E-state index contributed by atoms with van der Waals surface area (Å²) < 4.78 is 5.21. The van der Waals surface area contributed by atoms with Crippen LogP contribution in [0.4, 0.5) is 5.82 Å². The molecule has 4 heteroatoms. The Morgan fingerprint density at radius 1 is 0.947 bits per heavy atom. The lowest BCUT2D eigenvalue weighted by Crippen LogP contribution is -1.95. The van der Waals surface area contributed by atoms with Crippen LogP contribution in [-0.2, 0) is 0 Å². The number of fused-ring (bicyclic) bond motifs is 1. The average Bonchev–Trinajstić information content (AvgIpc) is 2.46. The number of nitrogens with two attached hydrogens (primary N) is 1. The second-order valence-electron chi connectivity index (χ2n) is 4.22. The quantitative estimate of drug-likeness (QED) is 0.760. The molecule has 94 valence electrons.